The molecular formula is C19H16N4O2S2. The van der Waals surface area contributed by atoms with Gasteiger partial charge in [-0.3, -0.25) is 14.6 Å². The Morgan fingerprint density at radius 2 is 2.04 bits per heavy atom. The number of carbonyl (C=O) groups is 2. The van der Waals surface area contributed by atoms with Crippen molar-refractivity contribution in [3.8, 4) is 0 Å². The van der Waals surface area contributed by atoms with Gasteiger partial charge >= 0.3 is 0 Å². The first kappa shape index (κ1) is 17.7. The average molecular weight is 396 g/mol. The lowest BCUT2D eigenvalue weighted by Gasteiger charge is -2.28. The van der Waals surface area contributed by atoms with Gasteiger partial charge in [-0.15, -0.1) is 23.1 Å². The zero-order chi connectivity index (χ0) is 18.6. The van der Waals surface area contributed by atoms with E-state index in [0.717, 1.165) is 21.3 Å². The molecule has 0 saturated carbocycles. The monoisotopic (exact) mass is 396 g/mol. The fourth-order valence-corrected chi connectivity index (χ4v) is 4.41. The van der Waals surface area contributed by atoms with E-state index in [2.05, 4.69) is 15.3 Å². The molecule has 0 atom stereocenters. The highest BCUT2D eigenvalue weighted by atomic mass is 32.2. The molecule has 1 aromatic carbocycles. The lowest BCUT2D eigenvalue weighted by Crippen LogP contribution is -2.34. The molecule has 3 heterocycles. The van der Waals surface area contributed by atoms with Gasteiger partial charge in [0, 0.05) is 16.5 Å². The van der Waals surface area contributed by atoms with Crippen molar-refractivity contribution in [1.82, 2.24) is 15.3 Å². The molecule has 1 aliphatic rings. The van der Waals surface area contributed by atoms with Crippen molar-refractivity contribution >= 4 is 40.6 Å². The Kier molecular flexibility index (Phi) is 5.17. The molecule has 3 aromatic rings. The third kappa shape index (κ3) is 4.01. The fourth-order valence-electron chi connectivity index (χ4n) is 2.71. The van der Waals surface area contributed by atoms with E-state index in [4.69, 9.17) is 0 Å². The van der Waals surface area contributed by atoms with Crippen LogP contribution in [0.5, 0.6) is 0 Å². The number of rotatable bonds is 5. The molecule has 2 amide bonds. The van der Waals surface area contributed by atoms with Gasteiger partial charge in [0.1, 0.15) is 10.7 Å². The summed E-state index contributed by atoms with van der Waals surface area (Å²) < 4.78 is 0. The first-order chi connectivity index (χ1) is 13.2. The van der Waals surface area contributed by atoms with Crippen molar-refractivity contribution in [2.45, 2.75) is 18.0 Å². The molecule has 1 aliphatic heterocycles. The molecule has 0 spiro atoms. The maximum absolute atomic E-state index is 12.4. The van der Waals surface area contributed by atoms with Crippen molar-refractivity contribution in [2.75, 3.05) is 10.7 Å². The van der Waals surface area contributed by atoms with Crippen molar-refractivity contribution in [2.24, 2.45) is 0 Å². The Balaban J connectivity index is 1.44. The van der Waals surface area contributed by atoms with Crippen LogP contribution < -0.4 is 10.2 Å². The number of hydrogen-bond donors (Lipinski definition) is 1. The molecule has 0 aliphatic carbocycles. The van der Waals surface area contributed by atoms with Gasteiger partial charge in [0.25, 0.3) is 5.91 Å². The molecule has 2 aromatic heterocycles. The standard InChI is InChI=1S/C19H16N4O2S2/c24-18-12-26-16-7-2-1-6-15(16)23(18)10-17-22-14(11-27-17)19(25)21-9-13-5-3-4-8-20-13/h1-8,11H,9-10,12H2,(H,21,25). The largest absolute Gasteiger partial charge is 0.345 e. The summed E-state index contributed by atoms with van der Waals surface area (Å²) in [5.41, 5.74) is 2.04. The van der Waals surface area contributed by atoms with E-state index in [9.17, 15) is 9.59 Å². The Morgan fingerprint density at radius 3 is 2.89 bits per heavy atom. The molecule has 136 valence electrons. The second-order valence-electron chi connectivity index (χ2n) is 5.87. The Hall–Kier alpha value is -2.71. The maximum atomic E-state index is 12.4. The fraction of sp³-hybridized carbons (Fsp3) is 0.158. The number of carbonyl (C=O) groups excluding carboxylic acids is 2. The summed E-state index contributed by atoms with van der Waals surface area (Å²) in [6.07, 6.45) is 1.69. The zero-order valence-corrected chi connectivity index (χ0v) is 15.9. The van der Waals surface area contributed by atoms with Gasteiger partial charge in [-0.2, -0.15) is 0 Å². The topological polar surface area (TPSA) is 75.2 Å². The van der Waals surface area contributed by atoms with E-state index in [0.29, 0.717) is 24.5 Å². The minimum absolute atomic E-state index is 0.0510. The number of anilines is 1. The van der Waals surface area contributed by atoms with Crippen LogP contribution >= 0.6 is 23.1 Å². The number of thioether (sulfide) groups is 1. The third-order valence-corrected chi connectivity index (χ3v) is 5.92. The smallest absolute Gasteiger partial charge is 0.271 e. The Morgan fingerprint density at radius 1 is 1.19 bits per heavy atom. The maximum Gasteiger partial charge on any atom is 0.271 e. The minimum atomic E-state index is -0.246. The van der Waals surface area contributed by atoms with E-state index < -0.39 is 0 Å². The highest BCUT2D eigenvalue weighted by Crippen LogP contribution is 2.35. The van der Waals surface area contributed by atoms with Gasteiger partial charge in [0.05, 0.1) is 30.2 Å². The molecule has 6 nitrogen and oxygen atoms in total. The summed E-state index contributed by atoms with van der Waals surface area (Å²) in [6, 6.07) is 13.4. The summed E-state index contributed by atoms with van der Waals surface area (Å²) in [5.74, 6) is 0.221. The van der Waals surface area contributed by atoms with E-state index in [1.807, 2.05) is 42.5 Å². The zero-order valence-electron chi connectivity index (χ0n) is 14.3. The van der Waals surface area contributed by atoms with Gasteiger partial charge in [-0.25, -0.2) is 4.98 Å². The molecule has 8 heteroatoms. The van der Waals surface area contributed by atoms with Crippen LogP contribution in [-0.2, 0) is 17.9 Å². The average Bonchev–Trinajstić information content (AvgIpc) is 3.18. The second-order valence-corrected chi connectivity index (χ2v) is 7.83. The van der Waals surface area contributed by atoms with Crippen LogP contribution in [0, 0.1) is 0 Å². The summed E-state index contributed by atoms with van der Waals surface area (Å²) in [5, 5.41) is 5.27. The Labute approximate surface area is 164 Å². The normalized spacial score (nSPS) is 13.3. The highest BCUT2D eigenvalue weighted by Gasteiger charge is 2.25. The molecule has 0 bridgehead atoms. The number of amides is 2. The molecule has 0 saturated heterocycles. The van der Waals surface area contributed by atoms with E-state index in [1.54, 1.807) is 28.2 Å². The predicted octanol–water partition coefficient (Wildman–Crippen LogP) is 3.11. The molecule has 1 N–H and O–H groups in total. The summed E-state index contributed by atoms with van der Waals surface area (Å²) >= 11 is 2.93. The Bertz CT molecular complexity index is 975. The van der Waals surface area contributed by atoms with E-state index >= 15 is 0 Å². The first-order valence-electron chi connectivity index (χ1n) is 8.35. The predicted molar refractivity (Wildman–Crippen MR) is 106 cm³/mol. The van der Waals surface area contributed by atoms with Crippen LogP contribution in [0.3, 0.4) is 0 Å². The number of nitrogens with zero attached hydrogens (tertiary/aromatic N) is 3. The lowest BCUT2D eigenvalue weighted by atomic mass is 10.2. The van der Waals surface area contributed by atoms with Crippen LogP contribution in [0.4, 0.5) is 5.69 Å². The highest BCUT2D eigenvalue weighted by molar-refractivity contribution is 8.00. The van der Waals surface area contributed by atoms with E-state index in [1.165, 1.54) is 11.3 Å². The molecule has 0 radical (unpaired) electrons. The van der Waals surface area contributed by atoms with Crippen molar-refractivity contribution in [3.05, 3.63) is 70.4 Å². The lowest BCUT2D eigenvalue weighted by molar-refractivity contribution is -0.116. The van der Waals surface area contributed by atoms with Gasteiger partial charge < -0.3 is 10.2 Å². The van der Waals surface area contributed by atoms with Gasteiger partial charge in [0.15, 0.2) is 0 Å². The minimum Gasteiger partial charge on any atom is -0.345 e. The van der Waals surface area contributed by atoms with Crippen LogP contribution in [0.1, 0.15) is 21.2 Å². The van der Waals surface area contributed by atoms with Crippen molar-refractivity contribution in [1.29, 1.82) is 0 Å². The van der Waals surface area contributed by atoms with E-state index in [-0.39, 0.29) is 11.8 Å². The second kappa shape index (κ2) is 7.89. The summed E-state index contributed by atoms with van der Waals surface area (Å²) in [4.78, 5) is 36.1. The molecule has 0 fully saturated rings. The van der Waals surface area contributed by atoms with Crippen molar-refractivity contribution < 1.29 is 9.59 Å². The van der Waals surface area contributed by atoms with Crippen LogP contribution in [0.25, 0.3) is 0 Å². The number of hydrogen-bond acceptors (Lipinski definition) is 6. The number of fused-ring (bicyclic) bond motifs is 1. The first-order valence-corrected chi connectivity index (χ1v) is 10.2. The third-order valence-electron chi connectivity index (χ3n) is 4.04. The molecular weight excluding hydrogens is 380 g/mol. The van der Waals surface area contributed by atoms with Gasteiger partial charge in [0.2, 0.25) is 5.91 Å². The van der Waals surface area contributed by atoms with Crippen LogP contribution in [0.2, 0.25) is 0 Å². The van der Waals surface area contributed by atoms with Crippen molar-refractivity contribution in [3.63, 3.8) is 0 Å². The van der Waals surface area contributed by atoms with Crippen LogP contribution in [0.15, 0.2) is 58.9 Å². The molecule has 0 unspecified atom stereocenters. The number of thiazole rings is 1. The summed E-state index contributed by atoms with van der Waals surface area (Å²) in [6.45, 7) is 0.719. The SMILES string of the molecule is O=C(NCc1ccccn1)c1csc(CN2C(=O)CSc3ccccc32)n1. The number of aromatic nitrogens is 2. The van der Waals surface area contributed by atoms with Gasteiger partial charge in [-0.1, -0.05) is 18.2 Å². The number of pyridine rings is 1. The molecule has 27 heavy (non-hydrogen) atoms. The van der Waals surface area contributed by atoms with Crippen LogP contribution in [-0.4, -0.2) is 27.5 Å². The number of benzene rings is 1. The van der Waals surface area contributed by atoms with Gasteiger partial charge in [-0.05, 0) is 24.3 Å². The quantitative estimate of drug-likeness (QED) is 0.717. The number of nitrogens with one attached hydrogen (secondary N) is 1. The summed E-state index contributed by atoms with van der Waals surface area (Å²) in [7, 11) is 0. The number of para-hydroxylation sites is 1. The molecule has 4 rings (SSSR count).